The largest absolute Gasteiger partial charge is 0.360 e. The van der Waals surface area contributed by atoms with Crippen LogP contribution in [0.3, 0.4) is 0 Å². The molecule has 1 aromatic carbocycles. The van der Waals surface area contributed by atoms with E-state index < -0.39 is 0 Å². The van der Waals surface area contributed by atoms with Gasteiger partial charge in [0.15, 0.2) is 0 Å². The van der Waals surface area contributed by atoms with Crippen molar-refractivity contribution in [2.24, 2.45) is 5.92 Å². The normalized spacial score (nSPS) is 10.7. The highest BCUT2D eigenvalue weighted by Gasteiger charge is 2.21. The molecule has 0 aliphatic carbocycles. The van der Waals surface area contributed by atoms with Crippen molar-refractivity contribution in [1.82, 2.24) is 10.5 Å². The second kappa shape index (κ2) is 5.69. The summed E-state index contributed by atoms with van der Waals surface area (Å²) in [4.78, 5) is 12.2. The van der Waals surface area contributed by atoms with E-state index >= 15 is 0 Å². The second-order valence-electron chi connectivity index (χ2n) is 4.93. The lowest BCUT2D eigenvalue weighted by Crippen LogP contribution is -2.27. The zero-order chi connectivity index (χ0) is 13.8. The molecule has 1 heterocycles. The average molecular weight is 258 g/mol. The third kappa shape index (κ3) is 3.02. The van der Waals surface area contributed by atoms with Crippen molar-refractivity contribution in [2.75, 3.05) is 6.54 Å². The predicted molar refractivity (Wildman–Crippen MR) is 73.8 cm³/mol. The van der Waals surface area contributed by atoms with Crippen molar-refractivity contribution in [2.45, 2.75) is 20.8 Å². The maximum Gasteiger partial charge on any atom is 0.257 e. The van der Waals surface area contributed by atoms with Crippen molar-refractivity contribution < 1.29 is 9.32 Å². The molecule has 1 aromatic heterocycles. The van der Waals surface area contributed by atoms with Crippen molar-refractivity contribution in [3.05, 3.63) is 41.7 Å². The third-order valence-corrected chi connectivity index (χ3v) is 2.81. The number of aryl methyl sites for hydroxylation is 1. The highest BCUT2D eigenvalue weighted by molar-refractivity contribution is 6.00. The number of rotatable bonds is 4. The van der Waals surface area contributed by atoms with Crippen LogP contribution in [-0.4, -0.2) is 17.6 Å². The molecular weight excluding hydrogens is 240 g/mol. The third-order valence-electron chi connectivity index (χ3n) is 2.81. The molecule has 4 heteroatoms. The van der Waals surface area contributed by atoms with Crippen LogP contribution >= 0.6 is 0 Å². The zero-order valence-electron chi connectivity index (χ0n) is 11.4. The van der Waals surface area contributed by atoms with Crippen LogP contribution in [0, 0.1) is 12.8 Å². The van der Waals surface area contributed by atoms with Crippen LogP contribution in [0.15, 0.2) is 34.9 Å². The molecule has 0 aliphatic rings. The van der Waals surface area contributed by atoms with E-state index in [1.807, 2.05) is 30.3 Å². The molecular formula is C15H18N2O2. The predicted octanol–water partition coefficient (Wildman–Crippen LogP) is 3.04. The highest BCUT2D eigenvalue weighted by atomic mass is 16.5. The summed E-state index contributed by atoms with van der Waals surface area (Å²) >= 11 is 0. The molecule has 4 nitrogen and oxygen atoms in total. The molecule has 0 saturated carbocycles. The Morgan fingerprint density at radius 1 is 1.32 bits per heavy atom. The van der Waals surface area contributed by atoms with E-state index in [0.717, 1.165) is 5.56 Å². The number of nitrogens with one attached hydrogen (secondary N) is 1. The molecule has 0 aliphatic heterocycles. The fourth-order valence-corrected chi connectivity index (χ4v) is 1.82. The van der Waals surface area contributed by atoms with Gasteiger partial charge in [-0.25, -0.2) is 0 Å². The Kier molecular flexibility index (Phi) is 4.00. The van der Waals surface area contributed by atoms with Gasteiger partial charge in [-0.15, -0.1) is 0 Å². The summed E-state index contributed by atoms with van der Waals surface area (Å²) in [5.41, 5.74) is 2.00. The first-order valence-corrected chi connectivity index (χ1v) is 6.39. The Morgan fingerprint density at radius 3 is 2.63 bits per heavy atom. The number of hydrogen-bond donors (Lipinski definition) is 1. The van der Waals surface area contributed by atoms with Crippen LogP contribution in [0.4, 0.5) is 0 Å². The van der Waals surface area contributed by atoms with Gasteiger partial charge in [0.25, 0.3) is 5.91 Å². The summed E-state index contributed by atoms with van der Waals surface area (Å²) < 4.78 is 5.17. The summed E-state index contributed by atoms with van der Waals surface area (Å²) in [6, 6.07) is 9.58. The molecule has 2 rings (SSSR count). The van der Waals surface area contributed by atoms with Crippen LogP contribution in [0.5, 0.6) is 0 Å². The average Bonchev–Trinajstić information content (AvgIpc) is 2.79. The molecule has 0 spiro atoms. The lowest BCUT2D eigenvalue weighted by atomic mass is 10.1. The van der Waals surface area contributed by atoms with E-state index in [4.69, 9.17) is 4.52 Å². The Balaban J connectivity index is 2.30. The smallest absolute Gasteiger partial charge is 0.257 e. The summed E-state index contributed by atoms with van der Waals surface area (Å²) in [7, 11) is 0. The Labute approximate surface area is 112 Å². The molecule has 0 saturated heterocycles. The molecule has 0 fully saturated rings. The Morgan fingerprint density at radius 2 is 2.00 bits per heavy atom. The van der Waals surface area contributed by atoms with Crippen molar-refractivity contribution >= 4 is 5.91 Å². The minimum atomic E-state index is -0.133. The van der Waals surface area contributed by atoms with Gasteiger partial charge in [-0.2, -0.15) is 0 Å². The number of carbonyl (C=O) groups is 1. The van der Waals surface area contributed by atoms with E-state index in [0.29, 0.717) is 29.5 Å². The van der Waals surface area contributed by atoms with E-state index in [-0.39, 0.29) is 5.91 Å². The van der Waals surface area contributed by atoms with E-state index in [9.17, 15) is 4.79 Å². The van der Waals surface area contributed by atoms with Gasteiger partial charge in [-0.1, -0.05) is 49.3 Å². The SMILES string of the molecule is Cc1onc(-c2ccccc2)c1C(=O)NCC(C)C. The zero-order valence-corrected chi connectivity index (χ0v) is 11.4. The van der Waals surface area contributed by atoms with E-state index in [2.05, 4.69) is 24.3 Å². The van der Waals surface area contributed by atoms with Gasteiger partial charge in [0.2, 0.25) is 0 Å². The maximum absolute atomic E-state index is 12.2. The van der Waals surface area contributed by atoms with Gasteiger partial charge in [0.1, 0.15) is 17.0 Å². The first kappa shape index (κ1) is 13.3. The van der Waals surface area contributed by atoms with Crippen LogP contribution in [-0.2, 0) is 0 Å². The lowest BCUT2D eigenvalue weighted by Gasteiger charge is -2.07. The molecule has 100 valence electrons. The van der Waals surface area contributed by atoms with Crippen LogP contribution < -0.4 is 5.32 Å². The minimum absolute atomic E-state index is 0.133. The first-order valence-electron chi connectivity index (χ1n) is 6.39. The number of hydrogen-bond acceptors (Lipinski definition) is 3. The number of aromatic nitrogens is 1. The van der Waals surface area contributed by atoms with Crippen molar-refractivity contribution in [3.8, 4) is 11.3 Å². The number of amides is 1. The quantitative estimate of drug-likeness (QED) is 0.917. The summed E-state index contributed by atoms with van der Waals surface area (Å²) in [5, 5.41) is 6.89. The first-order chi connectivity index (χ1) is 9.09. The van der Waals surface area contributed by atoms with Gasteiger partial charge in [0, 0.05) is 12.1 Å². The van der Waals surface area contributed by atoms with Crippen molar-refractivity contribution in [3.63, 3.8) is 0 Å². The van der Waals surface area contributed by atoms with Gasteiger partial charge in [-0.05, 0) is 12.8 Å². The van der Waals surface area contributed by atoms with Crippen molar-refractivity contribution in [1.29, 1.82) is 0 Å². The van der Waals surface area contributed by atoms with Gasteiger partial charge in [-0.3, -0.25) is 4.79 Å². The second-order valence-corrected chi connectivity index (χ2v) is 4.93. The molecule has 0 radical (unpaired) electrons. The fourth-order valence-electron chi connectivity index (χ4n) is 1.82. The highest BCUT2D eigenvalue weighted by Crippen LogP contribution is 2.24. The summed E-state index contributed by atoms with van der Waals surface area (Å²) in [6.45, 7) is 6.50. The van der Waals surface area contributed by atoms with Gasteiger partial charge in [0.05, 0.1) is 0 Å². The van der Waals surface area contributed by atoms with Gasteiger partial charge >= 0.3 is 0 Å². The van der Waals surface area contributed by atoms with Crippen LogP contribution in [0.1, 0.15) is 30.0 Å². The molecule has 0 bridgehead atoms. The Hall–Kier alpha value is -2.10. The Bertz CT molecular complexity index is 559. The molecule has 0 unspecified atom stereocenters. The lowest BCUT2D eigenvalue weighted by molar-refractivity contribution is 0.0948. The molecule has 2 aromatic rings. The molecule has 1 amide bonds. The fraction of sp³-hybridized carbons (Fsp3) is 0.333. The summed E-state index contributed by atoms with van der Waals surface area (Å²) in [5.74, 6) is 0.815. The number of nitrogens with zero attached hydrogens (tertiary/aromatic N) is 1. The van der Waals surface area contributed by atoms with E-state index in [1.54, 1.807) is 6.92 Å². The summed E-state index contributed by atoms with van der Waals surface area (Å²) in [6.07, 6.45) is 0. The van der Waals surface area contributed by atoms with Gasteiger partial charge < -0.3 is 9.84 Å². The van der Waals surface area contributed by atoms with Crippen LogP contribution in [0.25, 0.3) is 11.3 Å². The van der Waals surface area contributed by atoms with Crippen LogP contribution in [0.2, 0.25) is 0 Å². The molecule has 19 heavy (non-hydrogen) atoms. The standard InChI is InChI=1S/C15H18N2O2/c1-10(2)9-16-15(18)13-11(3)19-17-14(13)12-7-5-4-6-8-12/h4-8,10H,9H2,1-3H3,(H,16,18). The molecule has 0 atom stereocenters. The molecule has 1 N–H and O–H groups in total. The minimum Gasteiger partial charge on any atom is -0.360 e. The topological polar surface area (TPSA) is 55.1 Å². The maximum atomic E-state index is 12.2. The van der Waals surface area contributed by atoms with E-state index in [1.165, 1.54) is 0 Å². The monoisotopic (exact) mass is 258 g/mol. The number of benzene rings is 1. The number of carbonyl (C=O) groups excluding carboxylic acids is 1.